The molecule has 0 bridgehead atoms. The number of ether oxygens (including phenoxy) is 2. The van der Waals surface area contributed by atoms with E-state index < -0.39 is 29.8 Å². The van der Waals surface area contributed by atoms with Crippen molar-refractivity contribution in [2.24, 2.45) is 0 Å². The molecule has 1 aromatic carbocycles. The Hall–Kier alpha value is -1.86. The zero-order chi connectivity index (χ0) is 13.7. The summed E-state index contributed by atoms with van der Waals surface area (Å²) in [6, 6.07) is 2.44. The van der Waals surface area contributed by atoms with Crippen molar-refractivity contribution >= 4 is 23.3 Å². The van der Waals surface area contributed by atoms with Crippen LogP contribution < -0.4 is 4.74 Å². The van der Waals surface area contributed by atoms with Crippen LogP contribution in [0.15, 0.2) is 12.1 Å². The first-order valence-corrected chi connectivity index (χ1v) is 5.14. The van der Waals surface area contributed by atoms with E-state index in [4.69, 9.17) is 21.4 Å². The zero-order valence-corrected chi connectivity index (χ0v) is 10.1. The molecule has 0 saturated heterocycles. The third-order valence-electron chi connectivity index (χ3n) is 2.03. The lowest BCUT2D eigenvalue weighted by Crippen LogP contribution is -2.13. The molecule has 0 aromatic heterocycles. The van der Waals surface area contributed by atoms with Crippen molar-refractivity contribution in [1.29, 1.82) is 0 Å². The van der Waals surface area contributed by atoms with E-state index in [0.717, 1.165) is 13.2 Å². The molecular formula is C10H10ClNO6. The first-order chi connectivity index (χ1) is 8.49. The summed E-state index contributed by atoms with van der Waals surface area (Å²) < 4.78 is 9.29. The van der Waals surface area contributed by atoms with Gasteiger partial charge in [0, 0.05) is 6.07 Å². The summed E-state index contributed by atoms with van der Waals surface area (Å²) in [6.07, 6.45) is 0. The number of aliphatic hydroxyl groups excluding tert-OH is 1. The fourth-order valence-electron chi connectivity index (χ4n) is 1.19. The smallest absolute Gasteiger partial charge is 0.343 e. The van der Waals surface area contributed by atoms with Crippen LogP contribution in [0.2, 0.25) is 5.02 Å². The third-order valence-corrected chi connectivity index (χ3v) is 2.31. The number of methoxy groups -OCH3 is 1. The molecule has 18 heavy (non-hydrogen) atoms. The van der Waals surface area contributed by atoms with Gasteiger partial charge in [-0.25, -0.2) is 4.79 Å². The number of nitro benzene ring substituents is 1. The summed E-state index contributed by atoms with van der Waals surface area (Å²) in [5, 5.41) is 19.7. The number of halogens is 1. The number of aliphatic hydroxyl groups is 1. The molecule has 0 fully saturated rings. The van der Waals surface area contributed by atoms with Crippen molar-refractivity contribution in [3.05, 3.63) is 32.8 Å². The molecule has 0 amide bonds. The molecule has 0 radical (unpaired) electrons. The van der Waals surface area contributed by atoms with Gasteiger partial charge in [-0.05, 0) is 11.6 Å². The molecule has 0 aliphatic rings. The predicted octanol–water partition coefficient (Wildman–Crippen LogP) is 1.29. The number of benzene rings is 1. The predicted molar refractivity (Wildman–Crippen MR) is 61.5 cm³/mol. The highest BCUT2D eigenvalue weighted by Gasteiger charge is 2.21. The maximum atomic E-state index is 10.9. The molecule has 0 spiro atoms. The Morgan fingerprint density at radius 3 is 2.72 bits per heavy atom. The number of carbonyl (C=O) groups is 1. The second kappa shape index (κ2) is 6.18. The van der Waals surface area contributed by atoms with Gasteiger partial charge in [0.15, 0.2) is 6.61 Å². The molecule has 0 saturated carbocycles. The SMILES string of the molecule is COC(=O)COc1c(Cl)cc(CO)cc1[N+](=O)[O-]. The highest BCUT2D eigenvalue weighted by Crippen LogP contribution is 2.36. The van der Waals surface area contributed by atoms with Crippen LogP contribution in [0.4, 0.5) is 5.69 Å². The Kier molecular flexibility index (Phi) is 4.87. The minimum Gasteiger partial charge on any atom is -0.474 e. The molecule has 0 atom stereocenters. The van der Waals surface area contributed by atoms with Gasteiger partial charge in [0.2, 0.25) is 5.75 Å². The number of hydrogen-bond acceptors (Lipinski definition) is 6. The Bertz CT molecular complexity index is 476. The summed E-state index contributed by atoms with van der Waals surface area (Å²) in [7, 11) is 1.16. The fraction of sp³-hybridized carbons (Fsp3) is 0.300. The zero-order valence-electron chi connectivity index (χ0n) is 9.38. The minimum atomic E-state index is -0.711. The molecule has 8 heteroatoms. The summed E-state index contributed by atoms with van der Waals surface area (Å²) in [5.74, 6) is -0.920. The van der Waals surface area contributed by atoms with Crippen molar-refractivity contribution in [2.45, 2.75) is 6.61 Å². The second-order valence-corrected chi connectivity index (χ2v) is 3.61. The van der Waals surface area contributed by atoms with E-state index in [1.807, 2.05) is 0 Å². The van der Waals surface area contributed by atoms with Gasteiger partial charge in [-0.3, -0.25) is 10.1 Å². The first-order valence-electron chi connectivity index (χ1n) is 4.77. The Morgan fingerprint density at radius 1 is 1.56 bits per heavy atom. The molecule has 1 aromatic rings. The molecular weight excluding hydrogens is 266 g/mol. The summed E-state index contributed by atoms with van der Waals surface area (Å²) in [5.41, 5.74) is -0.146. The van der Waals surface area contributed by atoms with Gasteiger partial charge >= 0.3 is 11.7 Å². The van der Waals surface area contributed by atoms with Crippen molar-refractivity contribution in [3.8, 4) is 5.75 Å². The van der Waals surface area contributed by atoms with E-state index in [-0.39, 0.29) is 16.3 Å². The monoisotopic (exact) mass is 275 g/mol. The van der Waals surface area contributed by atoms with Gasteiger partial charge in [0.1, 0.15) is 0 Å². The van der Waals surface area contributed by atoms with Crippen molar-refractivity contribution in [1.82, 2.24) is 0 Å². The van der Waals surface area contributed by atoms with Crippen LogP contribution in [0, 0.1) is 10.1 Å². The second-order valence-electron chi connectivity index (χ2n) is 3.21. The van der Waals surface area contributed by atoms with Crippen molar-refractivity contribution in [2.75, 3.05) is 13.7 Å². The van der Waals surface area contributed by atoms with Crippen LogP contribution in [-0.4, -0.2) is 29.7 Å². The lowest BCUT2D eigenvalue weighted by molar-refractivity contribution is -0.385. The minimum absolute atomic E-state index is 0.0582. The van der Waals surface area contributed by atoms with Gasteiger partial charge in [0.05, 0.1) is 23.7 Å². The number of rotatable bonds is 5. The Labute approximate surface area is 107 Å². The van der Waals surface area contributed by atoms with Gasteiger partial charge in [-0.2, -0.15) is 0 Å². The standard InChI is InChI=1S/C10H10ClNO6/c1-17-9(14)5-18-10-7(11)2-6(4-13)3-8(10)12(15)16/h2-3,13H,4-5H2,1H3. The molecule has 7 nitrogen and oxygen atoms in total. The maximum absolute atomic E-state index is 10.9. The van der Waals surface area contributed by atoms with E-state index in [9.17, 15) is 14.9 Å². The van der Waals surface area contributed by atoms with Gasteiger partial charge in [-0.15, -0.1) is 0 Å². The normalized spacial score (nSPS) is 9.94. The lowest BCUT2D eigenvalue weighted by atomic mass is 10.2. The van der Waals surface area contributed by atoms with Crippen LogP contribution in [-0.2, 0) is 16.1 Å². The molecule has 0 aliphatic carbocycles. The molecule has 1 N–H and O–H groups in total. The van der Waals surface area contributed by atoms with E-state index in [1.54, 1.807) is 0 Å². The lowest BCUT2D eigenvalue weighted by Gasteiger charge is -2.08. The van der Waals surface area contributed by atoms with E-state index in [0.29, 0.717) is 0 Å². The van der Waals surface area contributed by atoms with Crippen molar-refractivity contribution < 1.29 is 24.3 Å². The van der Waals surface area contributed by atoms with Crippen LogP contribution in [0.1, 0.15) is 5.56 Å². The van der Waals surface area contributed by atoms with Gasteiger partial charge in [0.25, 0.3) is 0 Å². The van der Waals surface area contributed by atoms with Crippen molar-refractivity contribution in [3.63, 3.8) is 0 Å². The topological polar surface area (TPSA) is 98.9 Å². The molecule has 98 valence electrons. The fourth-order valence-corrected chi connectivity index (χ4v) is 1.48. The Morgan fingerprint density at radius 2 is 2.22 bits per heavy atom. The molecule has 0 heterocycles. The highest BCUT2D eigenvalue weighted by molar-refractivity contribution is 6.32. The number of nitro groups is 1. The highest BCUT2D eigenvalue weighted by atomic mass is 35.5. The summed E-state index contributed by atoms with van der Waals surface area (Å²) in [4.78, 5) is 21.0. The van der Waals surface area contributed by atoms with Crippen LogP contribution in [0.3, 0.4) is 0 Å². The van der Waals surface area contributed by atoms with Crippen LogP contribution in [0.25, 0.3) is 0 Å². The first kappa shape index (κ1) is 14.2. The van der Waals surface area contributed by atoms with Gasteiger partial charge < -0.3 is 14.6 Å². The van der Waals surface area contributed by atoms with Gasteiger partial charge in [-0.1, -0.05) is 11.6 Å². The summed E-state index contributed by atoms with van der Waals surface area (Å²) >= 11 is 5.79. The van der Waals surface area contributed by atoms with Crippen LogP contribution in [0.5, 0.6) is 5.75 Å². The van der Waals surface area contributed by atoms with E-state index >= 15 is 0 Å². The summed E-state index contributed by atoms with van der Waals surface area (Å²) in [6.45, 7) is -0.882. The van der Waals surface area contributed by atoms with E-state index in [2.05, 4.69) is 4.74 Å². The molecule has 0 aliphatic heterocycles. The number of nitrogens with zero attached hydrogens (tertiary/aromatic N) is 1. The van der Waals surface area contributed by atoms with Crippen LogP contribution >= 0.6 is 11.6 Å². The van der Waals surface area contributed by atoms with E-state index in [1.165, 1.54) is 6.07 Å². The number of carbonyl (C=O) groups excluding carboxylic acids is 1. The maximum Gasteiger partial charge on any atom is 0.343 e. The number of esters is 1. The molecule has 0 unspecified atom stereocenters. The number of hydrogen-bond donors (Lipinski definition) is 1. The third kappa shape index (κ3) is 3.31. The Balaban J connectivity index is 3.08. The molecule has 1 rings (SSSR count). The largest absolute Gasteiger partial charge is 0.474 e. The quantitative estimate of drug-likeness (QED) is 0.494. The average molecular weight is 276 g/mol. The average Bonchev–Trinajstić information content (AvgIpc) is 2.35.